The van der Waals surface area contributed by atoms with Crippen LogP contribution in [0.15, 0.2) is 34.8 Å². The van der Waals surface area contributed by atoms with E-state index in [-0.39, 0.29) is 6.61 Å². The number of rotatable bonds is 4. The number of benzene rings is 2. The van der Waals surface area contributed by atoms with E-state index in [0.29, 0.717) is 27.8 Å². The van der Waals surface area contributed by atoms with Crippen molar-refractivity contribution in [3.8, 4) is 22.7 Å². The Balaban J connectivity index is 2.00. The first-order valence-electron chi connectivity index (χ1n) is 9.05. The number of carbonyl (C=O) groups excluding carboxylic acids is 1. The molecule has 1 heterocycles. The van der Waals surface area contributed by atoms with Crippen LogP contribution in [-0.2, 0) is 17.6 Å². The second-order valence-electron chi connectivity index (χ2n) is 6.58. The van der Waals surface area contributed by atoms with Crippen LogP contribution in [0.25, 0.3) is 16.9 Å². The maximum atomic E-state index is 12.6. The van der Waals surface area contributed by atoms with Crippen LogP contribution >= 0.6 is 39.1 Å². The van der Waals surface area contributed by atoms with Gasteiger partial charge in [-0.05, 0) is 71.6 Å². The average Bonchev–Trinajstić information content (AvgIpc) is 3.07. The van der Waals surface area contributed by atoms with Crippen molar-refractivity contribution in [2.45, 2.75) is 19.8 Å². The summed E-state index contributed by atoms with van der Waals surface area (Å²) in [4.78, 5) is 12.6. The fraction of sp³-hybridized carbons (Fsp3) is 0.238. The largest absolute Gasteiger partial charge is 0.496 e. The third-order valence-corrected chi connectivity index (χ3v) is 5.88. The molecule has 2 aromatic carbocycles. The summed E-state index contributed by atoms with van der Waals surface area (Å²) in [6.45, 7) is 2.06. The zero-order valence-corrected chi connectivity index (χ0v) is 18.9. The smallest absolute Gasteiger partial charge is 0.359 e. The van der Waals surface area contributed by atoms with Crippen molar-refractivity contribution in [3.05, 3.63) is 61.7 Å². The number of ether oxygens (including phenoxy) is 2. The van der Waals surface area contributed by atoms with Gasteiger partial charge in [-0.25, -0.2) is 9.48 Å². The predicted molar refractivity (Wildman–Crippen MR) is 117 cm³/mol. The number of methoxy groups -OCH3 is 1. The summed E-state index contributed by atoms with van der Waals surface area (Å²) < 4.78 is 13.2. The molecule has 3 aromatic rings. The van der Waals surface area contributed by atoms with E-state index < -0.39 is 5.97 Å². The molecule has 1 aliphatic carbocycles. The van der Waals surface area contributed by atoms with Gasteiger partial charge in [-0.3, -0.25) is 0 Å². The zero-order chi connectivity index (χ0) is 20.7. The third kappa shape index (κ3) is 3.65. The highest BCUT2D eigenvalue weighted by molar-refractivity contribution is 9.10. The number of carbonyl (C=O) groups is 1. The summed E-state index contributed by atoms with van der Waals surface area (Å²) >= 11 is 16.0. The maximum Gasteiger partial charge on any atom is 0.359 e. The van der Waals surface area contributed by atoms with Gasteiger partial charge < -0.3 is 9.47 Å². The van der Waals surface area contributed by atoms with Gasteiger partial charge in [-0.15, -0.1) is 0 Å². The molecule has 1 aliphatic rings. The molecule has 4 rings (SSSR count). The van der Waals surface area contributed by atoms with E-state index in [4.69, 9.17) is 32.7 Å². The molecule has 0 fully saturated rings. The van der Waals surface area contributed by atoms with E-state index in [2.05, 4.69) is 21.0 Å². The Kier molecular flexibility index (Phi) is 5.60. The van der Waals surface area contributed by atoms with Gasteiger partial charge in [-0.1, -0.05) is 23.2 Å². The van der Waals surface area contributed by atoms with Crippen molar-refractivity contribution in [3.63, 3.8) is 0 Å². The van der Waals surface area contributed by atoms with Gasteiger partial charge in [0.1, 0.15) is 5.75 Å². The highest BCUT2D eigenvalue weighted by atomic mass is 79.9. The number of fused-ring (bicyclic) bond motifs is 3. The molecule has 0 spiro atoms. The number of aromatic nitrogens is 2. The van der Waals surface area contributed by atoms with Gasteiger partial charge in [0.25, 0.3) is 0 Å². The number of nitrogens with zero attached hydrogens (tertiary/aromatic N) is 2. The number of halogens is 3. The first-order valence-corrected chi connectivity index (χ1v) is 10.6. The summed E-state index contributed by atoms with van der Waals surface area (Å²) in [6.07, 6.45) is 1.43. The molecular weight excluding hydrogens is 479 g/mol. The lowest BCUT2D eigenvalue weighted by Gasteiger charge is -2.20. The maximum absolute atomic E-state index is 12.6. The summed E-state index contributed by atoms with van der Waals surface area (Å²) in [6, 6.07) is 9.19. The number of aryl methyl sites for hydroxylation is 1. The van der Waals surface area contributed by atoms with E-state index in [1.165, 1.54) is 0 Å². The first-order chi connectivity index (χ1) is 13.9. The van der Waals surface area contributed by atoms with Crippen molar-refractivity contribution in [1.29, 1.82) is 0 Å². The Bertz CT molecular complexity index is 1110. The van der Waals surface area contributed by atoms with Crippen molar-refractivity contribution in [2.24, 2.45) is 0 Å². The predicted octanol–water partition coefficient (Wildman–Crippen LogP) is 5.89. The monoisotopic (exact) mass is 494 g/mol. The normalized spacial score (nSPS) is 12.3. The van der Waals surface area contributed by atoms with Crippen LogP contribution in [-0.4, -0.2) is 29.5 Å². The zero-order valence-electron chi connectivity index (χ0n) is 15.8. The van der Waals surface area contributed by atoms with E-state index >= 15 is 0 Å². The minimum absolute atomic E-state index is 0.281. The molecule has 0 radical (unpaired) electrons. The fourth-order valence-corrected chi connectivity index (χ4v) is 4.63. The fourth-order valence-electron chi connectivity index (χ4n) is 3.61. The summed E-state index contributed by atoms with van der Waals surface area (Å²) in [7, 11) is 1.64. The Hall–Kier alpha value is -2.02. The van der Waals surface area contributed by atoms with Crippen molar-refractivity contribution in [1.82, 2.24) is 9.78 Å². The molecule has 0 unspecified atom stereocenters. The van der Waals surface area contributed by atoms with Crippen molar-refractivity contribution in [2.75, 3.05) is 13.7 Å². The Morgan fingerprint density at radius 1 is 1.17 bits per heavy atom. The molecule has 0 saturated heterocycles. The van der Waals surface area contributed by atoms with Crippen molar-refractivity contribution >= 4 is 45.1 Å². The molecule has 8 heteroatoms. The second kappa shape index (κ2) is 8.01. The summed E-state index contributed by atoms with van der Waals surface area (Å²) in [5, 5.41) is 5.59. The highest BCUT2D eigenvalue weighted by Gasteiger charge is 2.30. The van der Waals surface area contributed by atoms with Crippen LogP contribution < -0.4 is 4.74 Å². The molecule has 0 atom stereocenters. The molecule has 0 bridgehead atoms. The van der Waals surface area contributed by atoms with E-state index in [0.717, 1.165) is 39.0 Å². The molecule has 0 aliphatic heterocycles. The van der Waals surface area contributed by atoms with Crippen LogP contribution in [0.5, 0.6) is 5.75 Å². The minimum Gasteiger partial charge on any atom is -0.496 e. The Morgan fingerprint density at radius 3 is 2.55 bits per heavy atom. The molecule has 0 saturated carbocycles. The van der Waals surface area contributed by atoms with Crippen molar-refractivity contribution < 1.29 is 14.3 Å². The van der Waals surface area contributed by atoms with E-state index in [9.17, 15) is 4.79 Å². The molecule has 5 nitrogen and oxygen atoms in total. The van der Waals surface area contributed by atoms with Crippen LogP contribution in [0.3, 0.4) is 0 Å². The lowest BCUT2D eigenvalue weighted by molar-refractivity contribution is 0.0517. The van der Waals surface area contributed by atoms with E-state index in [1.807, 2.05) is 12.1 Å². The SMILES string of the molecule is CCOC(=O)c1nn(-c2cc(Cl)cc(Cl)c2)c2c1CCc1cc(OC)c(Br)cc1-2. The first kappa shape index (κ1) is 20.3. The Morgan fingerprint density at radius 2 is 1.90 bits per heavy atom. The van der Waals surface area contributed by atoms with E-state index in [1.54, 1.807) is 36.9 Å². The molecule has 1 aromatic heterocycles. The lowest BCUT2D eigenvalue weighted by atomic mass is 9.88. The Labute approximate surface area is 186 Å². The number of esters is 1. The van der Waals surface area contributed by atoms with Gasteiger partial charge in [-0.2, -0.15) is 5.10 Å². The van der Waals surface area contributed by atoms with Crippen LogP contribution in [0.4, 0.5) is 0 Å². The van der Waals surface area contributed by atoms with Crippen LogP contribution in [0.1, 0.15) is 28.5 Å². The standard InChI is InChI=1S/C21H17BrCl2N2O3/c1-3-29-21(27)19-15-5-4-11-6-18(28-2)17(22)10-16(11)20(15)26(25-19)14-8-12(23)7-13(24)9-14/h6-10H,3-5H2,1-2H3. The third-order valence-electron chi connectivity index (χ3n) is 4.82. The van der Waals surface area contributed by atoms with Gasteiger partial charge in [0.05, 0.1) is 29.6 Å². The quantitative estimate of drug-likeness (QED) is 0.423. The molecule has 150 valence electrons. The van der Waals surface area contributed by atoms with Gasteiger partial charge >= 0.3 is 5.97 Å². The topological polar surface area (TPSA) is 53.3 Å². The highest BCUT2D eigenvalue weighted by Crippen LogP contribution is 2.42. The van der Waals surface area contributed by atoms with Gasteiger partial charge in [0.2, 0.25) is 0 Å². The minimum atomic E-state index is -0.438. The summed E-state index contributed by atoms with van der Waals surface area (Å²) in [5.74, 6) is 0.321. The average molecular weight is 496 g/mol. The lowest BCUT2D eigenvalue weighted by Crippen LogP contribution is -2.11. The molecular formula is C21H17BrCl2N2O3. The second-order valence-corrected chi connectivity index (χ2v) is 8.31. The summed E-state index contributed by atoms with van der Waals surface area (Å²) in [5.41, 5.74) is 4.75. The molecule has 0 N–H and O–H groups in total. The number of hydrogen-bond donors (Lipinski definition) is 0. The van der Waals surface area contributed by atoms with Gasteiger partial charge in [0.15, 0.2) is 5.69 Å². The number of hydrogen-bond acceptors (Lipinski definition) is 4. The molecule has 0 amide bonds. The van der Waals surface area contributed by atoms with Crippen LogP contribution in [0.2, 0.25) is 10.0 Å². The van der Waals surface area contributed by atoms with Gasteiger partial charge in [0, 0.05) is 21.2 Å². The molecule has 29 heavy (non-hydrogen) atoms. The van der Waals surface area contributed by atoms with Crippen LogP contribution in [0, 0.1) is 0 Å².